The zero-order valence-corrected chi connectivity index (χ0v) is 12.6. The first-order valence-corrected chi connectivity index (χ1v) is 7.60. The molecule has 0 atom stereocenters. The van der Waals surface area contributed by atoms with Crippen LogP contribution >= 0.6 is 27.7 Å². The Labute approximate surface area is 125 Å². The van der Waals surface area contributed by atoms with Gasteiger partial charge >= 0.3 is 0 Å². The van der Waals surface area contributed by atoms with Crippen LogP contribution in [-0.2, 0) is 0 Å². The smallest absolute Gasteiger partial charge is 0.251 e. The molecule has 1 heterocycles. The van der Waals surface area contributed by atoms with Crippen molar-refractivity contribution in [1.29, 1.82) is 0 Å². The van der Waals surface area contributed by atoms with Crippen LogP contribution in [0.25, 0.3) is 0 Å². The summed E-state index contributed by atoms with van der Waals surface area (Å²) in [6, 6.07) is 11.5. The Morgan fingerprint density at radius 3 is 2.53 bits per heavy atom. The van der Waals surface area contributed by atoms with Gasteiger partial charge < -0.3 is 5.32 Å². The van der Waals surface area contributed by atoms with E-state index in [1.807, 2.05) is 12.1 Å². The fraction of sp³-hybridized carbons (Fsp3) is 0.143. The van der Waals surface area contributed by atoms with Gasteiger partial charge in [0.25, 0.3) is 5.91 Å². The zero-order valence-electron chi connectivity index (χ0n) is 10.2. The highest BCUT2D eigenvalue weighted by Gasteiger charge is 2.03. The normalized spacial score (nSPS) is 10.2. The van der Waals surface area contributed by atoms with E-state index in [9.17, 15) is 4.79 Å². The molecule has 3 nitrogen and oxygen atoms in total. The minimum atomic E-state index is -0.0567. The summed E-state index contributed by atoms with van der Waals surface area (Å²) in [5.41, 5.74) is 0.642. The van der Waals surface area contributed by atoms with Gasteiger partial charge in [-0.05, 0) is 36.4 Å². The fourth-order valence-corrected chi connectivity index (χ4v) is 2.50. The molecule has 2 rings (SSSR count). The average Bonchev–Trinajstić information content (AvgIpc) is 2.46. The van der Waals surface area contributed by atoms with Crippen molar-refractivity contribution in [2.24, 2.45) is 0 Å². The van der Waals surface area contributed by atoms with E-state index in [1.54, 1.807) is 36.3 Å². The lowest BCUT2D eigenvalue weighted by Crippen LogP contribution is -2.25. The molecule has 19 heavy (non-hydrogen) atoms. The van der Waals surface area contributed by atoms with Crippen molar-refractivity contribution in [1.82, 2.24) is 10.3 Å². The summed E-state index contributed by atoms with van der Waals surface area (Å²) in [6.07, 6.45) is 3.23. The number of thioether (sulfide) groups is 1. The van der Waals surface area contributed by atoms with Crippen molar-refractivity contribution in [2.75, 3.05) is 12.3 Å². The lowest BCUT2D eigenvalue weighted by atomic mass is 10.2. The second-order valence-corrected chi connectivity index (χ2v) is 5.88. The highest BCUT2D eigenvalue weighted by atomic mass is 79.9. The highest BCUT2D eigenvalue weighted by molar-refractivity contribution is 9.10. The SMILES string of the molecule is O=C(NCCSc1ccc(Br)cc1)c1ccncc1. The maximum Gasteiger partial charge on any atom is 0.251 e. The molecular formula is C14H13BrN2OS. The first kappa shape index (κ1) is 14.1. The topological polar surface area (TPSA) is 42.0 Å². The summed E-state index contributed by atoms with van der Waals surface area (Å²) in [4.78, 5) is 16.8. The number of hydrogen-bond donors (Lipinski definition) is 1. The van der Waals surface area contributed by atoms with Crippen LogP contribution in [-0.4, -0.2) is 23.2 Å². The van der Waals surface area contributed by atoms with Crippen molar-refractivity contribution in [3.05, 3.63) is 58.8 Å². The van der Waals surface area contributed by atoms with Gasteiger partial charge in [-0.15, -0.1) is 11.8 Å². The molecule has 0 spiro atoms. The molecule has 0 aliphatic carbocycles. The first-order valence-electron chi connectivity index (χ1n) is 5.82. The van der Waals surface area contributed by atoms with Gasteiger partial charge in [0.15, 0.2) is 0 Å². The van der Waals surface area contributed by atoms with Crippen LogP contribution in [0.4, 0.5) is 0 Å². The Kier molecular flexibility index (Phi) is 5.42. The van der Waals surface area contributed by atoms with Gasteiger partial charge in [-0.25, -0.2) is 0 Å². The predicted octanol–water partition coefficient (Wildman–Crippen LogP) is 3.37. The van der Waals surface area contributed by atoms with Gasteiger partial charge in [-0.2, -0.15) is 0 Å². The molecule has 1 aromatic carbocycles. The molecule has 0 saturated carbocycles. The Morgan fingerprint density at radius 2 is 1.84 bits per heavy atom. The van der Waals surface area contributed by atoms with E-state index in [0.29, 0.717) is 12.1 Å². The number of nitrogens with one attached hydrogen (secondary N) is 1. The maximum absolute atomic E-state index is 11.7. The van der Waals surface area contributed by atoms with Crippen molar-refractivity contribution >= 4 is 33.6 Å². The zero-order chi connectivity index (χ0) is 13.5. The van der Waals surface area contributed by atoms with E-state index in [1.165, 1.54) is 4.90 Å². The summed E-state index contributed by atoms with van der Waals surface area (Å²) in [7, 11) is 0. The molecule has 0 bridgehead atoms. The van der Waals surface area contributed by atoms with Crippen molar-refractivity contribution in [3.63, 3.8) is 0 Å². The molecule has 1 amide bonds. The number of rotatable bonds is 5. The monoisotopic (exact) mass is 336 g/mol. The average molecular weight is 337 g/mol. The van der Waals surface area contributed by atoms with Gasteiger partial charge in [0.2, 0.25) is 0 Å². The molecular weight excluding hydrogens is 324 g/mol. The lowest BCUT2D eigenvalue weighted by molar-refractivity contribution is 0.0956. The number of carbonyl (C=O) groups excluding carboxylic acids is 1. The second-order valence-electron chi connectivity index (χ2n) is 3.79. The van der Waals surface area contributed by atoms with Gasteiger partial charge in [-0.3, -0.25) is 9.78 Å². The van der Waals surface area contributed by atoms with E-state index in [2.05, 4.69) is 38.4 Å². The van der Waals surface area contributed by atoms with Crippen LogP contribution in [0.2, 0.25) is 0 Å². The second kappa shape index (κ2) is 7.31. The van der Waals surface area contributed by atoms with Crippen LogP contribution in [0.3, 0.4) is 0 Å². The van der Waals surface area contributed by atoms with E-state index in [-0.39, 0.29) is 5.91 Å². The van der Waals surface area contributed by atoms with Crippen molar-refractivity contribution < 1.29 is 4.79 Å². The molecule has 0 fully saturated rings. The number of aromatic nitrogens is 1. The molecule has 1 aromatic heterocycles. The summed E-state index contributed by atoms with van der Waals surface area (Å²) in [5.74, 6) is 0.789. The predicted molar refractivity (Wildman–Crippen MR) is 81.4 cm³/mol. The molecule has 5 heteroatoms. The molecule has 0 radical (unpaired) electrons. The first-order chi connectivity index (χ1) is 9.25. The number of amides is 1. The highest BCUT2D eigenvalue weighted by Crippen LogP contribution is 2.19. The van der Waals surface area contributed by atoms with Gasteiger partial charge in [0.1, 0.15) is 0 Å². The minimum absolute atomic E-state index is 0.0567. The Hall–Kier alpha value is -1.33. The van der Waals surface area contributed by atoms with Crippen LogP contribution in [0.1, 0.15) is 10.4 Å². The maximum atomic E-state index is 11.7. The number of halogens is 1. The standard InChI is InChI=1S/C14H13BrN2OS/c15-12-1-3-13(4-2-12)19-10-9-17-14(18)11-5-7-16-8-6-11/h1-8H,9-10H2,(H,17,18). The Balaban J connectivity index is 1.72. The van der Waals surface area contributed by atoms with E-state index in [4.69, 9.17) is 0 Å². The summed E-state index contributed by atoms with van der Waals surface area (Å²) >= 11 is 5.12. The minimum Gasteiger partial charge on any atom is -0.351 e. The quantitative estimate of drug-likeness (QED) is 0.672. The van der Waals surface area contributed by atoms with Gasteiger partial charge in [-0.1, -0.05) is 15.9 Å². The largest absolute Gasteiger partial charge is 0.351 e. The number of nitrogens with zero attached hydrogens (tertiary/aromatic N) is 1. The molecule has 0 saturated heterocycles. The summed E-state index contributed by atoms with van der Waals surface area (Å²) in [6.45, 7) is 0.641. The van der Waals surface area contributed by atoms with Crippen LogP contribution in [0, 0.1) is 0 Å². The fourth-order valence-electron chi connectivity index (χ4n) is 1.47. The molecule has 98 valence electrons. The molecule has 0 aliphatic rings. The van der Waals surface area contributed by atoms with E-state index in [0.717, 1.165) is 10.2 Å². The number of hydrogen-bond acceptors (Lipinski definition) is 3. The molecule has 2 aromatic rings. The third-order valence-corrected chi connectivity index (χ3v) is 3.95. The van der Waals surface area contributed by atoms with Gasteiger partial charge in [0, 0.05) is 39.6 Å². The van der Waals surface area contributed by atoms with Crippen molar-refractivity contribution in [3.8, 4) is 0 Å². The lowest BCUT2D eigenvalue weighted by Gasteiger charge is -2.05. The van der Waals surface area contributed by atoms with E-state index < -0.39 is 0 Å². The summed E-state index contributed by atoms with van der Waals surface area (Å²) in [5, 5.41) is 2.88. The molecule has 0 aliphatic heterocycles. The molecule has 0 unspecified atom stereocenters. The molecule has 1 N–H and O–H groups in total. The van der Waals surface area contributed by atoms with Crippen LogP contribution in [0.5, 0.6) is 0 Å². The van der Waals surface area contributed by atoms with Crippen LogP contribution in [0.15, 0.2) is 58.2 Å². The summed E-state index contributed by atoms with van der Waals surface area (Å²) < 4.78 is 1.07. The Bertz CT molecular complexity index is 531. The van der Waals surface area contributed by atoms with Crippen LogP contribution < -0.4 is 5.32 Å². The Morgan fingerprint density at radius 1 is 1.16 bits per heavy atom. The number of pyridine rings is 1. The third kappa shape index (κ3) is 4.69. The van der Waals surface area contributed by atoms with E-state index >= 15 is 0 Å². The van der Waals surface area contributed by atoms with Crippen molar-refractivity contribution in [2.45, 2.75) is 4.90 Å². The number of benzene rings is 1. The third-order valence-electron chi connectivity index (χ3n) is 2.41. The van der Waals surface area contributed by atoms with Gasteiger partial charge in [0.05, 0.1) is 0 Å². The number of carbonyl (C=O) groups is 1.